The first kappa shape index (κ1) is 12.7. The SMILES string of the molecule is C[C@@H](N)c1ccc(N(CCO)C2CC2)c(Cl)c1. The third-order valence-corrected chi connectivity index (χ3v) is 3.44. The summed E-state index contributed by atoms with van der Waals surface area (Å²) >= 11 is 6.30. The van der Waals surface area contributed by atoms with Crippen LogP contribution >= 0.6 is 11.6 Å². The highest BCUT2D eigenvalue weighted by Gasteiger charge is 2.29. The van der Waals surface area contributed by atoms with Gasteiger partial charge < -0.3 is 15.7 Å². The molecule has 1 aliphatic rings. The monoisotopic (exact) mass is 254 g/mol. The minimum Gasteiger partial charge on any atom is -0.395 e. The Morgan fingerprint density at radius 3 is 2.71 bits per heavy atom. The van der Waals surface area contributed by atoms with Crippen LogP contribution in [0.5, 0.6) is 0 Å². The van der Waals surface area contributed by atoms with E-state index in [0.29, 0.717) is 12.6 Å². The Morgan fingerprint density at radius 2 is 2.24 bits per heavy atom. The number of anilines is 1. The summed E-state index contributed by atoms with van der Waals surface area (Å²) in [5.74, 6) is 0. The van der Waals surface area contributed by atoms with Crippen molar-refractivity contribution in [3.8, 4) is 0 Å². The summed E-state index contributed by atoms with van der Waals surface area (Å²) in [5, 5.41) is 9.83. The zero-order valence-corrected chi connectivity index (χ0v) is 10.8. The summed E-state index contributed by atoms with van der Waals surface area (Å²) in [5.41, 5.74) is 7.87. The van der Waals surface area contributed by atoms with Crippen LogP contribution in [0.3, 0.4) is 0 Å². The molecule has 1 aromatic carbocycles. The first-order valence-electron chi connectivity index (χ1n) is 6.06. The van der Waals surface area contributed by atoms with Crippen LogP contribution in [0.15, 0.2) is 18.2 Å². The second-order valence-electron chi connectivity index (χ2n) is 4.65. The van der Waals surface area contributed by atoms with E-state index >= 15 is 0 Å². The summed E-state index contributed by atoms with van der Waals surface area (Å²) < 4.78 is 0. The van der Waals surface area contributed by atoms with E-state index in [0.717, 1.165) is 16.3 Å². The average molecular weight is 255 g/mol. The lowest BCUT2D eigenvalue weighted by Crippen LogP contribution is -2.29. The highest BCUT2D eigenvalue weighted by Crippen LogP contribution is 2.36. The van der Waals surface area contributed by atoms with Crippen molar-refractivity contribution < 1.29 is 5.11 Å². The molecule has 0 unspecified atom stereocenters. The molecule has 1 saturated carbocycles. The van der Waals surface area contributed by atoms with Crippen LogP contribution in [-0.4, -0.2) is 24.3 Å². The van der Waals surface area contributed by atoms with E-state index in [4.69, 9.17) is 22.4 Å². The van der Waals surface area contributed by atoms with Gasteiger partial charge in [0.1, 0.15) is 0 Å². The van der Waals surface area contributed by atoms with Gasteiger partial charge in [-0.3, -0.25) is 0 Å². The molecule has 2 rings (SSSR count). The molecule has 3 nitrogen and oxygen atoms in total. The number of benzene rings is 1. The Morgan fingerprint density at radius 1 is 1.53 bits per heavy atom. The molecule has 94 valence electrons. The van der Waals surface area contributed by atoms with Gasteiger partial charge in [-0.2, -0.15) is 0 Å². The van der Waals surface area contributed by atoms with Gasteiger partial charge in [0, 0.05) is 18.6 Å². The number of nitrogens with zero attached hydrogens (tertiary/aromatic N) is 1. The molecular weight excluding hydrogens is 236 g/mol. The Balaban J connectivity index is 2.24. The molecule has 17 heavy (non-hydrogen) atoms. The van der Waals surface area contributed by atoms with E-state index in [-0.39, 0.29) is 12.6 Å². The first-order valence-corrected chi connectivity index (χ1v) is 6.44. The number of rotatable bonds is 5. The number of aliphatic hydroxyl groups is 1. The van der Waals surface area contributed by atoms with Crippen molar-refractivity contribution in [3.05, 3.63) is 28.8 Å². The Bertz CT molecular complexity index is 391. The molecule has 0 heterocycles. The van der Waals surface area contributed by atoms with Gasteiger partial charge in [-0.05, 0) is 37.5 Å². The lowest BCUT2D eigenvalue weighted by atomic mass is 10.1. The van der Waals surface area contributed by atoms with Crippen LogP contribution < -0.4 is 10.6 Å². The fourth-order valence-electron chi connectivity index (χ4n) is 2.03. The van der Waals surface area contributed by atoms with Crippen molar-refractivity contribution in [2.75, 3.05) is 18.1 Å². The fourth-order valence-corrected chi connectivity index (χ4v) is 2.33. The topological polar surface area (TPSA) is 49.5 Å². The molecule has 0 saturated heterocycles. The average Bonchev–Trinajstić information content (AvgIpc) is 3.10. The molecule has 1 aromatic rings. The normalized spacial score (nSPS) is 16.9. The lowest BCUT2D eigenvalue weighted by molar-refractivity contribution is 0.301. The van der Waals surface area contributed by atoms with Crippen LogP contribution in [0.2, 0.25) is 5.02 Å². The van der Waals surface area contributed by atoms with Crippen molar-refractivity contribution in [2.45, 2.75) is 31.8 Å². The maximum absolute atomic E-state index is 9.10. The number of halogens is 1. The molecule has 0 amide bonds. The second-order valence-corrected chi connectivity index (χ2v) is 5.05. The molecular formula is C13H19ClN2O. The minimum absolute atomic E-state index is 0.00577. The summed E-state index contributed by atoms with van der Waals surface area (Å²) in [6.45, 7) is 2.74. The van der Waals surface area contributed by atoms with Gasteiger partial charge in [-0.25, -0.2) is 0 Å². The molecule has 4 heteroatoms. The number of hydrogen-bond acceptors (Lipinski definition) is 3. The number of nitrogens with two attached hydrogens (primary N) is 1. The quantitative estimate of drug-likeness (QED) is 0.848. The number of aliphatic hydroxyl groups excluding tert-OH is 1. The second kappa shape index (κ2) is 5.25. The van der Waals surface area contributed by atoms with Crippen molar-refractivity contribution in [1.82, 2.24) is 0 Å². The summed E-state index contributed by atoms with van der Waals surface area (Å²) in [6, 6.07) is 6.48. The largest absolute Gasteiger partial charge is 0.395 e. The summed E-state index contributed by atoms with van der Waals surface area (Å²) in [4.78, 5) is 2.19. The van der Waals surface area contributed by atoms with Crippen molar-refractivity contribution in [2.24, 2.45) is 5.73 Å². The van der Waals surface area contributed by atoms with Gasteiger partial charge in [0.2, 0.25) is 0 Å². The van der Waals surface area contributed by atoms with Crippen LogP contribution in [0, 0.1) is 0 Å². The highest BCUT2D eigenvalue weighted by molar-refractivity contribution is 6.33. The van der Waals surface area contributed by atoms with Crippen molar-refractivity contribution >= 4 is 17.3 Å². The Kier molecular flexibility index (Phi) is 3.92. The van der Waals surface area contributed by atoms with E-state index in [9.17, 15) is 0 Å². The predicted molar refractivity (Wildman–Crippen MR) is 71.5 cm³/mol. The molecule has 3 N–H and O–H groups in total. The molecule has 0 radical (unpaired) electrons. The van der Waals surface area contributed by atoms with Crippen molar-refractivity contribution in [1.29, 1.82) is 0 Å². The smallest absolute Gasteiger partial charge is 0.0643 e. The summed E-state index contributed by atoms with van der Waals surface area (Å²) in [7, 11) is 0. The minimum atomic E-state index is -0.00577. The standard InChI is InChI=1S/C13H19ClN2O/c1-9(15)10-2-5-13(12(14)8-10)16(6-7-17)11-3-4-11/h2,5,8-9,11,17H,3-4,6-7,15H2,1H3/t9-/m1/s1. The highest BCUT2D eigenvalue weighted by atomic mass is 35.5. The Labute approximate surface area is 107 Å². The van der Waals surface area contributed by atoms with Crippen LogP contribution in [-0.2, 0) is 0 Å². The van der Waals surface area contributed by atoms with Crippen LogP contribution in [0.25, 0.3) is 0 Å². The van der Waals surface area contributed by atoms with Gasteiger partial charge in [0.25, 0.3) is 0 Å². The maximum atomic E-state index is 9.10. The first-order chi connectivity index (χ1) is 8.13. The van der Waals surface area contributed by atoms with Gasteiger partial charge >= 0.3 is 0 Å². The third kappa shape index (κ3) is 2.92. The van der Waals surface area contributed by atoms with Crippen molar-refractivity contribution in [3.63, 3.8) is 0 Å². The van der Waals surface area contributed by atoms with E-state index < -0.39 is 0 Å². The molecule has 1 aliphatic carbocycles. The fraction of sp³-hybridized carbons (Fsp3) is 0.538. The van der Waals surface area contributed by atoms with Gasteiger partial charge in [-0.15, -0.1) is 0 Å². The third-order valence-electron chi connectivity index (χ3n) is 3.14. The number of hydrogen-bond donors (Lipinski definition) is 2. The van der Waals surface area contributed by atoms with E-state index in [2.05, 4.69) is 4.90 Å². The Hall–Kier alpha value is -0.770. The van der Waals surface area contributed by atoms with E-state index in [1.165, 1.54) is 12.8 Å². The molecule has 0 aliphatic heterocycles. The van der Waals surface area contributed by atoms with Gasteiger partial charge in [-0.1, -0.05) is 17.7 Å². The van der Waals surface area contributed by atoms with Gasteiger partial charge in [0.15, 0.2) is 0 Å². The van der Waals surface area contributed by atoms with Crippen LogP contribution in [0.1, 0.15) is 31.4 Å². The predicted octanol–water partition coefficient (Wildman–Crippen LogP) is 2.32. The van der Waals surface area contributed by atoms with E-state index in [1.807, 2.05) is 25.1 Å². The molecule has 1 fully saturated rings. The molecule has 0 bridgehead atoms. The summed E-state index contributed by atoms with van der Waals surface area (Å²) in [6.07, 6.45) is 2.37. The van der Waals surface area contributed by atoms with Gasteiger partial charge in [0.05, 0.1) is 17.3 Å². The molecule has 1 atom stereocenters. The molecule has 0 spiro atoms. The van der Waals surface area contributed by atoms with Crippen LogP contribution in [0.4, 0.5) is 5.69 Å². The zero-order valence-electron chi connectivity index (χ0n) is 10.1. The molecule has 0 aromatic heterocycles. The van der Waals surface area contributed by atoms with E-state index in [1.54, 1.807) is 0 Å². The lowest BCUT2D eigenvalue weighted by Gasteiger charge is -2.25. The maximum Gasteiger partial charge on any atom is 0.0643 e. The zero-order chi connectivity index (χ0) is 12.4.